The number of rotatable bonds is 7. The summed E-state index contributed by atoms with van der Waals surface area (Å²) >= 11 is 0. The fourth-order valence-electron chi connectivity index (χ4n) is 2.40. The van der Waals surface area contributed by atoms with E-state index in [1.54, 1.807) is 24.9 Å². The van der Waals surface area contributed by atoms with Crippen molar-refractivity contribution < 1.29 is 18.5 Å². The van der Waals surface area contributed by atoms with Crippen molar-refractivity contribution in [2.45, 2.75) is 26.3 Å². The normalized spacial score (nSPS) is 12.0. The zero-order valence-electron chi connectivity index (χ0n) is 14.4. The molecule has 1 unspecified atom stereocenters. The maximum Gasteiger partial charge on any atom is 0.242 e. The van der Waals surface area contributed by atoms with Gasteiger partial charge in [-0.05, 0) is 44.7 Å². The summed E-state index contributed by atoms with van der Waals surface area (Å²) in [6, 6.07) is 6.60. The molecule has 7 nitrogen and oxygen atoms in total. The van der Waals surface area contributed by atoms with Crippen LogP contribution in [-0.4, -0.2) is 41.5 Å². The van der Waals surface area contributed by atoms with Gasteiger partial charge in [-0.15, -0.1) is 0 Å². The van der Waals surface area contributed by atoms with Gasteiger partial charge >= 0.3 is 0 Å². The highest BCUT2D eigenvalue weighted by Crippen LogP contribution is 2.11. The second-order valence-electron chi connectivity index (χ2n) is 5.71. The molecule has 0 aliphatic carbocycles. The van der Waals surface area contributed by atoms with Crippen molar-refractivity contribution in [2.75, 3.05) is 24.2 Å². The Bertz CT molecular complexity index is 730. The highest BCUT2D eigenvalue weighted by Gasteiger charge is 2.24. The highest BCUT2D eigenvalue weighted by atomic mass is 19.1. The summed E-state index contributed by atoms with van der Waals surface area (Å²) in [6.45, 7) is 3.60. The maximum absolute atomic E-state index is 12.9. The lowest BCUT2D eigenvalue weighted by atomic mass is 10.2. The Morgan fingerprint density at radius 3 is 2.52 bits per heavy atom. The number of amides is 2. The number of benzene rings is 1. The molecule has 134 valence electrons. The molecule has 0 fully saturated rings. The quantitative estimate of drug-likeness (QED) is 0.802. The fraction of sp³-hybridized carbons (Fsp3) is 0.353. The zero-order chi connectivity index (χ0) is 18.4. The average Bonchev–Trinajstić information content (AvgIpc) is 2.95. The number of carbonyl (C=O) groups is 2. The molecule has 2 rings (SSSR count). The molecule has 2 N–H and O–H groups in total. The van der Waals surface area contributed by atoms with E-state index in [1.165, 1.54) is 24.3 Å². The molecule has 8 heteroatoms. The van der Waals surface area contributed by atoms with Crippen molar-refractivity contribution in [3.8, 4) is 0 Å². The molecule has 1 aromatic heterocycles. The predicted octanol–water partition coefficient (Wildman–Crippen LogP) is 2.41. The Labute approximate surface area is 145 Å². The lowest BCUT2D eigenvalue weighted by Gasteiger charge is -2.25. The minimum Gasteiger partial charge on any atom is -0.360 e. The molecular formula is C17H21FN4O3. The van der Waals surface area contributed by atoms with E-state index in [0.717, 1.165) is 0 Å². The van der Waals surface area contributed by atoms with Gasteiger partial charge in [-0.2, -0.15) is 0 Å². The molecule has 0 radical (unpaired) electrons. The van der Waals surface area contributed by atoms with Crippen molar-refractivity contribution in [1.29, 1.82) is 0 Å². The van der Waals surface area contributed by atoms with E-state index in [9.17, 15) is 14.0 Å². The van der Waals surface area contributed by atoms with Crippen molar-refractivity contribution in [2.24, 2.45) is 0 Å². The third kappa shape index (κ3) is 5.39. The van der Waals surface area contributed by atoms with Crippen LogP contribution in [0.1, 0.15) is 19.1 Å². The Morgan fingerprint density at radius 1 is 1.28 bits per heavy atom. The standard InChI is InChI=1S/C17H21FN4O3/c1-4-14(17(24)20-15-9-11(2)25-21-15)22(3)10-16(23)19-13-7-5-12(18)6-8-13/h5-9,14H,4,10H2,1-3H3,(H,19,23)(H,20,21,24). The Kier molecular flexibility index (Phi) is 6.24. The van der Waals surface area contributed by atoms with Crippen LogP contribution in [0.15, 0.2) is 34.9 Å². The molecule has 2 amide bonds. The number of anilines is 2. The summed E-state index contributed by atoms with van der Waals surface area (Å²) < 4.78 is 17.8. The lowest BCUT2D eigenvalue weighted by molar-refractivity contribution is -0.123. The summed E-state index contributed by atoms with van der Waals surface area (Å²) in [5, 5.41) is 9.05. The first-order valence-electron chi connectivity index (χ1n) is 7.89. The van der Waals surface area contributed by atoms with Crippen LogP contribution in [0.4, 0.5) is 15.9 Å². The van der Waals surface area contributed by atoms with E-state index in [0.29, 0.717) is 23.7 Å². The number of carbonyl (C=O) groups excluding carboxylic acids is 2. The van der Waals surface area contributed by atoms with Crippen LogP contribution in [0.25, 0.3) is 0 Å². The van der Waals surface area contributed by atoms with Gasteiger partial charge in [-0.25, -0.2) is 4.39 Å². The van der Waals surface area contributed by atoms with Crippen molar-refractivity contribution >= 4 is 23.3 Å². The summed E-state index contributed by atoms with van der Waals surface area (Å²) in [6.07, 6.45) is 0.517. The van der Waals surface area contributed by atoms with Crippen molar-refractivity contribution in [3.63, 3.8) is 0 Å². The Hall–Kier alpha value is -2.74. The van der Waals surface area contributed by atoms with Gasteiger partial charge in [0.2, 0.25) is 11.8 Å². The van der Waals surface area contributed by atoms with Gasteiger partial charge in [0, 0.05) is 11.8 Å². The first kappa shape index (κ1) is 18.6. The highest BCUT2D eigenvalue weighted by molar-refractivity contribution is 5.95. The van der Waals surface area contributed by atoms with E-state index in [2.05, 4.69) is 15.8 Å². The summed E-state index contributed by atoms with van der Waals surface area (Å²) in [4.78, 5) is 26.1. The predicted molar refractivity (Wildman–Crippen MR) is 91.6 cm³/mol. The SMILES string of the molecule is CCC(C(=O)Nc1cc(C)on1)N(C)CC(=O)Nc1ccc(F)cc1. The fourth-order valence-corrected chi connectivity index (χ4v) is 2.40. The number of nitrogens with zero attached hydrogens (tertiary/aromatic N) is 2. The number of hydrogen-bond acceptors (Lipinski definition) is 5. The van der Waals surface area contributed by atoms with Gasteiger partial charge in [0.1, 0.15) is 11.6 Å². The third-order valence-corrected chi connectivity index (χ3v) is 3.62. The molecule has 0 aliphatic heterocycles. The van der Waals surface area contributed by atoms with Crippen LogP contribution < -0.4 is 10.6 Å². The molecule has 1 heterocycles. The van der Waals surface area contributed by atoms with Gasteiger partial charge in [0.15, 0.2) is 5.82 Å². The minimum atomic E-state index is -0.504. The molecule has 0 aliphatic rings. The van der Waals surface area contributed by atoms with E-state index in [-0.39, 0.29) is 24.2 Å². The van der Waals surface area contributed by atoms with Gasteiger partial charge in [-0.1, -0.05) is 12.1 Å². The maximum atomic E-state index is 12.9. The zero-order valence-corrected chi connectivity index (χ0v) is 14.4. The van der Waals surface area contributed by atoms with E-state index >= 15 is 0 Å². The van der Waals surface area contributed by atoms with Crippen LogP contribution in [-0.2, 0) is 9.59 Å². The van der Waals surface area contributed by atoms with Gasteiger partial charge in [0.25, 0.3) is 0 Å². The monoisotopic (exact) mass is 348 g/mol. The molecular weight excluding hydrogens is 327 g/mol. The van der Waals surface area contributed by atoms with Crippen molar-refractivity contribution in [3.05, 3.63) is 41.9 Å². The Balaban J connectivity index is 1.91. The summed E-state index contributed by atoms with van der Waals surface area (Å²) in [5.74, 6) is -0.00746. The second-order valence-corrected chi connectivity index (χ2v) is 5.71. The second kappa shape index (κ2) is 8.39. The van der Waals surface area contributed by atoms with E-state index < -0.39 is 6.04 Å². The first-order chi connectivity index (χ1) is 11.9. The largest absolute Gasteiger partial charge is 0.360 e. The number of halogens is 1. The number of nitrogens with one attached hydrogen (secondary N) is 2. The smallest absolute Gasteiger partial charge is 0.242 e. The topological polar surface area (TPSA) is 87.5 Å². The van der Waals surface area contributed by atoms with Crippen LogP contribution in [0.3, 0.4) is 0 Å². The summed E-state index contributed by atoms with van der Waals surface area (Å²) in [5.41, 5.74) is 0.496. The van der Waals surface area contributed by atoms with Gasteiger partial charge in [-0.3, -0.25) is 14.5 Å². The number of aromatic nitrogens is 1. The van der Waals surface area contributed by atoms with Crippen LogP contribution in [0.2, 0.25) is 0 Å². The average molecular weight is 348 g/mol. The molecule has 0 spiro atoms. The molecule has 25 heavy (non-hydrogen) atoms. The van der Waals surface area contributed by atoms with E-state index in [4.69, 9.17) is 4.52 Å². The lowest BCUT2D eigenvalue weighted by Crippen LogP contribution is -2.44. The minimum absolute atomic E-state index is 0.0150. The third-order valence-electron chi connectivity index (χ3n) is 3.62. The first-order valence-corrected chi connectivity index (χ1v) is 7.89. The molecule has 2 aromatic rings. The molecule has 0 bridgehead atoms. The molecule has 0 saturated heterocycles. The van der Waals surface area contributed by atoms with Crippen LogP contribution in [0.5, 0.6) is 0 Å². The van der Waals surface area contributed by atoms with Crippen LogP contribution in [0, 0.1) is 12.7 Å². The number of likely N-dealkylation sites (N-methyl/N-ethyl adjacent to an activating group) is 1. The van der Waals surface area contributed by atoms with Crippen LogP contribution >= 0.6 is 0 Å². The van der Waals surface area contributed by atoms with Gasteiger partial charge < -0.3 is 15.2 Å². The summed E-state index contributed by atoms with van der Waals surface area (Å²) in [7, 11) is 1.69. The van der Waals surface area contributed by atoms with Crippen molar-refractivity contribution in [1.82, 2.24) is 10.1 Å². The Morgan fingerprint density at radius 2 is 1.96 bits per heavy atom. The van der Waals surface area contributed by atoms with Gasteiger partial charge in [0.05, 0.1) is 12.6 Å². The molecule has 1 aromatic carbocycles. The number of aryl methyl sites for hydroxylation is 1. The molecule has 0 saturated carbocycles. The van der Waals surface area contributed by atoms with E-state index in [1.807, 2.05) is 6.92 Å². The number of hydrogen-bond donors (Lipinski definition) is 2. The molecule has 1 atom stereocenters.